The average Bonchev–Trinajstić information content (AvgIpc) is 3.27. The van der Waals surface area contributed by atoms with Crippen LogP contribution in [0.1, 0.15) is 258 Å². The standard InChI is InChI=1S/C56H98O6/c1-4-7-10-13-16-19-22-25-27-28-30-31-34-37-40-43-46-49-55(58)61-52-53(51-60-54(57)48-45-42-39-36-33-24-21-18-15-12-9-6-3)62-56(59)50-47-44-41-38-35-32-29-26-23-20-17-14-11-8-5-2/h8,11,16-17,19-20,25-27,29,53H,4-7,9-10,12-15,18,21-24,28,30-52H2,1-3H3/b11-8-,19-16-,20-17-,27-25-,29-26-/t53-/m0/s1. The van der Waals surface area contributed by atoms with Crippen LogP contribution in [0.2, 0.25) is 0 Å². The van der Waals surface area contributed by atoms with Crippen LogP contribution in [0.5, 0.6) is 0 Å². The Balaban J connectivity index is 4.40. The maximum Gasteiger partial charge on any atom is 0.306 e. The summed E-state index contributed by atoms with van der Waals surface area (Å²) in [5.41, 5.74) is 0. The van der Waals surface area contributed by atoms with Crippen LogP contribution in [-0.2, 0) is 28.6 Å². The number of hydrogen-bond acceptors (Lipinski definition) is 6. The number of esters is 3. The predicted octanol–water partition coefficient (Wildman–Crippen LogP) is 17.3. The molecule has 0 aromatic carbocycles. The molecule has 0 aromatic heterocycles. The Morgan fingerprint density at radius 1 is 0.339 bits per heavy atom. The third kappa shape index (κ3) is 48.1. The van der Waals surface area contributed by atoms with Crippen molar-refractivity contribution in [1.82, 2.24) is 0 Å². The average molecular weight is 867 g/mol. The van der Waals surface area contributed by atoms with Crippen LogP contribution < -0.4 is 0 Å². The highest BCUT2D eigenvalue weighted by molar-refractivity contribution is 5.71. The summed E-state index contributed by atoms with van der Waals surface area (Å²) >= 11 is 0. The van der Waals surface area contributed by atoms with E-state index in [1.165, 1.54) is 109 Å². The Morgan fingerprint density at radius 3 is 1.02 bits per heavy atom. The highest BCUT2D eigenvalue weighted by Gasteiger charge is 2.19. The van der Waals surface area contributed by atoms with Gasteiger partial charge >= 0.3 is 17.9 Å². The van der Waals surface area contributed by atoms with E-state index in [4.69, 9.17) is 14.2 Å². The number of rotatable bonds is 47. The number of carbonyl (C=O) groups is 3. The lowest BCUT2D eigenvalue weighted by atomic mass is 10.0. The maximum absolute atomic E-state index is 12.8. The van der Waals surface area contributed by atoms with Gasteiger partial charge in [-0.1, -0.05) is 216 Å². The fourth-order valence-electron chi connectivity index (χ4n) is 7.31. The number of allylic oxidation sites excluding steroid dienone is 10. The molecule has 0 spiro atoms. The molecular formula is C56H98O6. The second-order valence-corrected chi connectivity index (χ2v) is 17.4. The van der Waals surface area contributed by atoms with Gasteiger partial charge in [-0.15, -0.1) is 0 Å². The van der Waals surface area contributed by atoms with Crippen molar-refractivity contribution in [2.45, 2.75) is 264 Å². The lowest BCUT2D eigenvalue weighted by Gasteiger charge is -2.18. The van der Waals surface area contributed by atoms with Gasteiger partial charge in [0.15, 0.2) is 6.10 Å². The minimum Gasteiger partial charge on any atom is -0.462 e. The third-order valence-electron chi connectivity index (χ3n) is 11.3. The highest BCUT2D eigenvalue weighted by Crippen LogP contribution is 2.15. The van der Waals surface area contributed by atoms with Crippen molar-refractivity contribution in [3.05, 3.63) is 60.8 Å². The number of carbonyl (C=O) groups excluding carboxylic acids is 3. The summed E-state index contributed by atoms with van der Waals surface area (Å²) in [4.78, 5) is 38.0. The van der Waals surface area contributed by atoms with Gasteiger partial charge in [0.05, 0.1) is 0 Å². The van der Waals surface area contributed by atoms with E-state index >= 15 is 0 Å². The molecule has 0 N–H and O–H groups in total. The van der Waals surface area contributed by atoms with Gasteiger partial charge in [-0.25, -0.2) is 0 Å². The van der Waals surface area contributed by atoms with Gasteiger partial charge in [0.25, 0.3) is 0 Å². The zero-order chi connectivity index (χ0) is 45.1. The second kappa shape index (κ2) is 50.8. The summed E-state index contributed by atoms with van der Waals surface area (Å²) in [6.45, 7) is 6.49. The van der Waals surface area contributed by atoms with Gasteiger partial charge in [-0.2, -0.15) is 0 Å². The van der Waals surface area contributed by atoms with Crippen LogP contribution in [0, 0.1) is 0 Å². The molecule has 0 aliphatic carbocycles. The first-order valence-electron chi connectivity index (χ1n) is 26.3. The molecule has 358 valence electrons. The molecule has 0 saturated heterocycles. The molecule has 0 aromatic rings. The Bertz CT molecular complexity index is 1130. The molecule has 0 heterocycles. The van der Waals surface area contributed by atoms with Crippen LogP contribution >= 0.6 is 0 Å². The highest BCUT2D eigenvalue weighted by atomic mass is 16.6. The third-order valence-corrected chi connectivity index (χ3v) is 11.3. The first kappa shape index (κ1) is 59.1. The summed E-state index contributed by atoms with van der Waals surface area (Å²) < 4.78 is 16.8. The number of unbranched alkanes of at least 4 members (excludes halogenated alkanes) is 26. The summed E-state index contributed by atoms with van der Waals surface area (Å²) in [6, 6.07) is 0. The summed E-state index contributed by atoms with van der Waals surface area (Å²) in [5, 5.41) is 0. The molecule has 0 radical (unpaired) electrons. The normalized spacial score (nSPS) is 12.5. The van der Waals surface area contributed by atoms with Gasteiger partial charge < -0.3 is 14.2 Å². The number of ether oxygens (including phenoxy) is 3. The van der Waals surface area contributed by atoms with Crippen molar-refractivity contribution in [2.24, 2.45) is 0 Å². The van der Waals surface area contributed by atoms with Crippen LogP contribution in [0.3, 0.4) is 0 Å². The summed E-state index contributed by atoms with van der Waals surface area (Å²) in [5.74, 6) is -0.902. The van der Waals surface area contributed by atoms with Gasteiger partial charge in [0.1, 0.15) is 13.2 Å². The molecule has 0 aliphatic rings. The van der Waals surface area contributed by atoms with E-state index in [0.717, 1.165) is 109 Å². The first-order valence-corrected chi connectivity index (χ1v) is 26.3. The van der Waals surface area contributed by atoms with Crippen LogP contribution in [0.15, 0.2) is 60.8 Å². The lowest BCUT2D eigenvalue weighted by molar-refractivity contribution is -0.167. The second-order valence-electron chi connectivity index (χ2n) is 17.4. The molecule has 0 amide bonds. The van der Waals surface area contributed by atoms with Crippen molar-refractivity contribution >= 4 is 17.9 Å². The molecule has 6 heteroatoms. The molecule has 0 unspecified atom stereocenters. The predicted molar refractivity (Wildman–Crippen MR) is 265 cm³/mol. The monoisotopic (exact) mass is 867 g/mol. The van der Waals surface area contributed by atoms with E-state index in [-0.39, 0.29) is 31.1 Å². The van der Waals surface area contributed by atoms with Crippen LogP contribution in [0.25, 0.3) is 0 Å². The van der Waals surface area contributed by atoms with Gasteiger partial charge in [0, 0.05) is 19.3 Å². The molecule has 6 nitrogen and oxygen atoms in total. The molecule has 0 rings (SSSR count). The smallest absolute Gasteiger partial charge is 0.306 e. The van der Waals surface area contributed by atoms with Crippen molar-refractivity contribution in [3.8, 4) is 0 Å². The Morgan fingerprint density at radius 2 is 0.629 bits per heavy atom. The Labute approximate surface area is 383 Å². The lowest BCUT2D eigenvalue weighted by Crippen LogP contribution is -2.30. The van der Waals surface area contributed by atoms with E-state index < -0.39 is 6.10 Å². The molecule has 62 heavy (non-hydrogen) atoms. The largest absolute Gasteiger partial charge is 0.462 e. The van der Waals surface area contributed by atoms with E-state index in [9.17, 15) is 14.4 Å². The molecular weight excluding hydrogens is 769 g/mol. The maximum atomic E-state index is 12.8. The Kier molecular flexibility index (Phi) is 48.4. The van der Waals surface area contributed by atoms with E-state index in [1.54, 1.807) is 0 Å². The topological polar surface area (TPSA) is 78.9 Å². The van der Waals surface area contributed by atoms with Gasteiger partial charge in [-0.05, 0) is 83.5 Å². The summed E-state index contributed by atoms with van der Waals surface area (Å²) in [7, 11) is 0. The summed E-state index contributed by atoms with van der Waals surface area (Å²) in [6.07, 6.45) is 62.0. The van der Waals surface area contributed by atoms with Gasteiger partial charge in [-0.3, -0.25) is 14.4 Å². The first-order chi connectivity index (χ1) is 30.5. The van der Waals surface area contributed by atoms with Gasteiger partial charge in [0.2, 0.25) is 0 Å². The molecule has 0 bridgehead atoms. The molecule has 0 fully saturated rings. The fourth-order valence-corrected chi connectivity index (χ4v) is 7.31. The van der Waals surface area contributed by atoms with Crippen molar-refractivity contribution in [1.29, 1.82) is 0 Å². The quantitative estimate of drug-likeness (QED) is 0.0262. The zero-order valence-electron chi connectivity index (χ0n) is 40.9. The van der Waals surface area contributed by atoms with Crippen molar-refractivity contribution in [3.63, 3.8) is 0 Å². The van der Waals surface area contributed by atoms with E-state index in [1.807, 2.05) is 0 Å². The Hall–Kier alpha value is -2.89. The van der Waals surface area contributed by atoms with E-state index in [0.29, 0.717) is 19.3 Å². The molecule has 0 aliphatic heterocycles. The van der Waals surface area contributed by atoms with Crippen molar-refractivity contribution in [2.75, 3.05) is 13.2 Å². The number of hydrogen-bond donors (Lipinski definition) is 0. The van der Waals surface area contributed by atoms with Crippen LogP contribution in [0.4, 0.5) is 0 Å². The van der Waals surface area contributed by atoms with E-state index in [2.05, 4.69) is 81.5 Å². The molecule has 1 atom stereocenters. The fraction of sp³-hybridized carbons (Fsp3) is 0.768. The minimum absolute atomic E-state index is 0.0821. The van der Waals surface area contributed by atoms with Crippen molar-refractivity contribution < 1.29 is 28.6 Å². The zero-order valence-corrected chi connectivity index (χ0v) is 40.9. The van der Waals surface area contributed by atoms with Crippen LogP contribution in [-0.4, -0.2) is 37.2 Å². The SMILES string of the molecule is CC/C=C\C/C=C\C/C=C\CCCCCCCC(=O)O[C@H](COC(=O)CCCCCCCCC/C=C\C/C=C\CCCCC)COC(=O)CCCCCCCCCCCCCC. The minimum atomic E-state index is -0.784. The molecule has 0 saturated carbocycles.